The molecule has 1 saturated carbocycles. The number of carbonyl (C=O) groups is 1. The lowest BCUT2D eigenvalue weighted by atomic mass is 10.2. The molecule has 0 spiro atoms. The number of sulfonamides is 1. The minimum absolute atomic E-state index is 0.00495. The fraction of sp³-hybridized carbons (Fsp3) is 0.583. The minimum Gasteiger partial charge on any atom is -0.462 e. The normalized spacial score (nSPS) is 15.5. The molecule has 1 aromatic heterocycles. The van der Waals surface area contributed by atoms with Crippen molar-refractivity contribution in [1.29, 1.82) is 0 Å². The van der Waals surface area contributed by atoms with Gasteiger partial charge in [-0.15, -0.1) is 0 Å². The number of H-pyrrole nitrogens is 1. The van der Waals surface area contributed by atoms with Gasteiger partial charge in [0.15, 0.2) is 0 Å². The highest BCUT2D eigenvalue weighted by atomic mass is 32.2. The molecule has 2 N–H and O–H groups in total. The van der Waals surface area contributed by atoms with E-state index in [0.717, 1.165) is 12.8 Å². The van der Waals surface area contributed by atoms with E-state index in [1.165, 1.54) is 0 Å². The quantitative estimate of drug-likeness (QED) is 0.797. The first-order valence-electron chi connectivity index (χ1n) is 6.25. The van der Waals surface area contributed by atoms with Crippen LogP contribution in [-0.4, -0.2) is 32.0 Å². The maximum absolute atomic E-state index is 12.3. The van der Waals surface area contributed by atoms with Crippen molar-refractivity contribution in [3.63, 3.8) is 0 Å². The highest BCUT2D eigenvalue weighted by Crippen LogP contribution is 2.27. The van der Waals surface area contributed by atoms with Gasteiger partial charge in [0.05, 0.1) is 6.61 Å². The van der Waals surface area contributed by atoms with Crippen LogP contribution in [0.1, 0.15) is 41.5 Å². The first-order valence-corrected chi connectivity index (χ1v) is 7.73. The Morgan fingerprint density at radius 1 is 1.37 bits per heavy atom. The van der Waals surface area contributed by atoms with Crippen LogP contribution in [0, 0.1) is 13.8 Å². The number of aryl methyl sites for hydroxylation is 2. The van der Waals surface area contributed by atoms with Crippen molar-refractivity contribution in [3.8, 4) is 0 Å². The summed E-state index contributed by atoms with van der Waals surface area (Å²) < 4.78 is 32.1. The number of ether oxygens (including phenoxy) is 1. The molecule has 1 aromatic rings. The minimum atomic E-state index is -3.68. The second-order valence-corrected chi connectivity index (χ2v) is 6.35. The van der Waals surface area contributed by atoms with Gasteiger partial charge >= 0.3 is 5.97 Å². The molecule has 1 heterocycles. The fourth-order valence-electron chi connectivity index (χ4n) is 2.02. The summed E-state index contributed by atoms with van der Waals surface area (Å²) in [6, 6.07) is -0.00495. The first kappa shape index (κ1) is 14.1. The third-order valence-electron chi connectivity index (χ3n) is 2.97. The van der Waals surface area contributed by atoms with Crippen molar-refractivity contribution in [1.82, 2.24) is 9.71 Å². The topological polar surface area (TPSA) is 88.3 Å². The van der Waals surface area contributed by atoms with E-state index in [1.54, 1.807) is 20.8 Å². The zero-order valence-electron chi connectivity index (χ0n) is 11.2. The van der Waals surface area contributed by atoms with Crippen molar-refractivity contribution in [2.75, 3.05) is 6.61 Å². The molecule has 0 unspecified atom stereocenters. The van der Waals surface area contributed by atoms with Gasteiger partial charge in [-0.3, -0.25) is 0 Å². The number of rotatable bonds is 5. The standard InChI is InChI=1S/C12H18N2O4S/c1-4-18-12(15)10-7(2)13-8(3)11(10)19(16,17)14-9-5-6-9/h9,13-14H,4-6H2,1-3H3. The molecule has 0 saturated heterocycles. The molecule has 19 heavy (non-hydrogen) atoms. The van der Waals surface area contributed by atoms with Crippen LogP contribution in [-0.2, 0) is 14.8 Å². The molecule has 6 nitrogen and oxygen atoms in total. The van der Waals surface area contributed by atoms with E-state index >= 15 is 0 Å². The maximum Gasteiger partial charge on any atom is 0.341 e. The molecule has 7 heteroatoms. The first-order chi connectivity index (χ1) is 8.86. The van der Waals surface area contributed by atoms with Crippen LogP contribution in [0.15, 0.2) is 4.90 Å². The van der Waals surface area contributed by atoms with E-state index in [4.69, 9.17) is 4.74 Å². The van der Waals surface area contributed by atoms with Gasteiger partial charge in [-0.05, 0) is 33.6 Å². The van der Waals surface area contributed by atoms with Gasteiger partial charge in [0.25, 0.3) is 0 Å². The summed E-state index contributed by atoms with van der Waals surface area (Å²) in [5.74, 6) is -0.611. The summed E-state index contributed by atoms with van der Waals surface area (Å²) in [7, 11) is -3.68. The van der Waals surface area contributed by atoms with Crippen LogP contribution in [0.3, 0.4) is 0 Å². The molecule has 106 valence electrons. The van der Waals surface area contributed by atoms with Gasteiger partial charge in [0.2, 0.25) is 10.0 Å². The lowest BCUT2D eigenvalue weighted by Crippen LogP contribution is -2.27. The Hall–Kier alpha value is -1.34. The molecule has 0 aliphatic heterocycles. The highest BCUT2D eigenvalue weighted by Gasteiger charge is 2.34. The Morgan fingerprint density at radius 2 is 2.00 bits per heavy atom. The van der Waals surface area contributed by atoms with Crippen molar-refractivity contribution in [2.24, 2.45) is 0 Å². The number of hydrogen-bond acceptors (Lipinski definition) is 4. The summed E-state index contributed by atoms with van der Waals surface area (Å²) in [5.41, 5.74) is 1.06. The Labute approximate surface area is 112 Å². The third-order valence-corrected chi connectivity index (χ3v) is 4.66. The number of hydrogen-bond donors (Lipinski definition) is 2. The molecular weight excluding hydrogens is 268 g/mol. The molecule has 1 aliphatic carbocycles. The molecule has 2 rings (SSSR count). The van der Waals surface area contributed by atoms with E-state index in [9.17, 15) is 13.2 Å². The number of esters is 1. The average molecular weight is 286 g/mol. The van der Waals surface area contributed by atoms with Crippen LogP contribution in [0.2, 0.25) is 0 Å². The number of nitrogens with one attached hydrogen (secondary N) is 2. The predicted octanol–water partition coefficient (Wildman–Crippen LogP) is 1.25. The second kappa shape index (κ2) is 4.97. The Balaban J connectivity index is 2.46. The van der Waals surface area contributed by atoms with Gasteiger partial charge in [0.1, 0.15) is 10.5 Å². The lowest BCUT2D eigenvalue weighted by molar-refractivity contribution is 0.0521. The van der Waals surface area contributed by atoms with Crippen molar-refractivity contribution >= 4 is 16.0 Å². The van der Waals surface area contributed by atoms with Crippen LogP contribution in [0.5, 0.6) is 0 Å². The van der Waals surface area contributed by atoms with E-state index in [1.807, 2.05) is 0 Å². The number of carbonyl (C=O) groups excluding carboxylic acids is 1. The SMILES string of the molecule is CCOC(=O)c1c(C)[nH]c(C)c1S(=O)(=O)NC1CC1. The Bertz CT molecular complexity index is 599. The average Bonchev–Trinajstić information content (AvgIpc) is 3.02. The molecule has 1 fully saturated rings. The second-order valence-electron chi connectivity index (χ2n) is 4.70. The zero-order valence-corrected chi connectivity index (χ0v) is 12.1. The summed E-state index contributed by atoms with van der Waals surface area (Å²) >= 11 is 0. The van der Waals surface area contributed by atoms with Gasteiger partial charge < -0.3 is 9.72 Å². The van der Waals surface area contributed by atoms with Crippen LogP contribution >= 0.6 is 0 Å². The highest BCUT2D eigenvalue weighted by molar-refractivity contribution is 7.89. The van der Waals surface area contributed by atoms with Crippen molar-refractivity contribution in [2.45, 2.75) is 44.6 Å². The Morgan fingerprint density at radius 3 is 2.53 bits per heavy atom. The smallest absolute Gasteiger partial charge is 0.341 e. The van der Waals surface area contributed by atoms with Crippen molar-refractivity contribution < 1.29 is 17.9 Å². The molecule has 1 aliphatic rings. The van der Waals surface area contributed by atoms with Gasteiger partial charge in [-0.1, -0.05) is 0 Å². The fourth-order valence-corrected chi connectivity index (χ4v) is 3.77. The van der Waals surface area contributed by atoms with Gasteiger partial charge in [-0.2, -0.15) is 0 Å². The Kier molecular flexibility index (Phi) is 3.69. The third kappa shape index (κ3) is 2.82. The molecule has 0 atom stereocenters. The van der Waals surface area contributed by atoms with Gasteiger partial charge in [0, 0.05) is 17.4 Å². The van der Waals surface area contributed by atoms with E-state index < -0.39 is 16.0 Å². The van der Waals surface area contributed by atoms with E-state index in [2.05, 4.69) is 9.71 Å². The van der Waals surface area contributed by atoms with Crippen LogP contribution < -0.4 is 4.72 Å². The predicted molar refractivity (Wildman–Crippen MR) is 69.6 cm³/mol. The van der Waals surface area contributed by atoms with E-state index in [0.29, 0.717) is 11.4 Å². The summed E-state index contributed by atoms with van der Waals surface area (Å²) in [4.78, 5) is 14.8. The van der Waals surface area contributed by atoms with Crippen molar-refractivity contribution in [3.05, 3.63) is 17.0 Å². The molecular formula is C12H18N2O4S. The molecule has 0 aromatic carbocycles. The van der Waals surface area contributed by atoms with E-state index in [-0.39, 0.29) is 23.1 Å². The maximum atomic E-state index is 12.3. The zero-order chi connectivity index (χ0) is 14.2. The largest absolute Gasteiger partial charge is 0.462 e. The van der Waals surface area contributed by atoms with Crippen LogP contribution in [0.25, 0.3) is 0 Å². The number of aromatic amines is 1. The molecule has 0 bridgehead atoms. The van der Waals surface area contributed by atoms with Gasteiger partial charge in [-0.25, -0.2) is 17.9 Å². The number of aromatic nitrogens is 1. The monoisotopic (exact) mass is 286 g/mol. The summed E-state index contributed by atoms with van der Waals surface area (Å²) in [6.45, 7) is 5.19. The lowest BCUT2D eigenvalue weighted by Gasteiger charge is -2.08. The summed E-state index contributed by atoms with van der Waals surface area (Å²) in [6.07, 6.45) is 1.69. The van der Waals surface area contributed by atoms with Crippen LogP contribution in [0.4, 0.5) is 0 Å². The summed E-state index contributed by atoms with van der Waals surface area (Å²) in [5, 5.41) is 0. The molecule has 0 radical (unpaired) electrons. The molecule has 0 amide bonds.